The van der Waals surface area contributed by atoms with Gasteiger partial charge >= 0.3 is 0 Å². The van der Waals surface area contributed by atoms with Crippen LogP contribution in [0.15, 0.2) is 72.4 Å². The molecule has 2 aliphatic rings. The highest BCUT2D eigenvalue weighted by Crippen LogP contribution is 2.37. The fourth-order valence-corrected chi connectivity index (χ4v) is 9.22. The molecule has 1 unspecified atom stereocenters. The fourth-order valence-electron chi connectivity index (χ4n) is 4.66. The molecule has 4 rings (SSSR count). The van der Waals surface area contributed by atoms with Crippen molar-refractivity contribution in [3.8, 4) is 0 Å². The van der Waals surface area contributed by atoms with E-state index < -0.39 is 8.32 Å². The van der Waals surface area contributed by atoms with Crippen LogP contribution in [-0.4, -0.2) is 38.2 Å². The summed E-state index contributed by atoms with van der Waals surface area (Å²) >= 11 is 0. The van der Waals surface area contributed by atoms with E-state index in [-0.39, 0.29) is 16.9 Å². The standard InChI is InChI=1S/C24H29NO2Si/c1-24(2,3)28(20-10-6-4-7-11-20,21-12-8-5-9-13-21)27-17-15-19-18-23(26)22-14-16-25(19)22/h4-13,18,22H,14-17H2,1-3H3. The zero-order valence-electron chi connectivity index (χ0n) is 17.0. The van der Waals surface area contributed by atoms with E-state index in [4.69, 9.17) is 4.43 Å². The second-order valence-corrected chi connectivity index (χ2v) is 13.1. The van der Waals surface area contributed by atoms with Gasteiger partial charge in [0, 0.05) is 31.3 Å². The summed E-state index contributed by atoms with van der Waals surface area (Å²) in [5, 5.41) is 2.58. The van der Waals surface area contributed by atoms with Gasteiger partial charge in [-0.25, -0.2) is 0 Å². The van der Waals surface area contributed by atoms with Crippen molar-refractivity contribution in [1.82, 2.24) is 4.90 Å². The Morgan fingerprint density at radius 1 is 1.00 bits per heavy atom. The normalized spacial score (nSPS) is 19.2. The first-order valence-electron chi connectivity index (χ1n) is 10.2. The fraction of sp³-hybridized carbons (Fsp3) is 0.375. The van der Waals surface area contributed by atoms with Crippen LogP contribution in [0.25, 0.3) is 0 Å². The van der Waals surface area contributed by atoms with Crippen molar-refractivity contribution >= 4 is 24.5 Å². The average Bonchev–Trinajstić information content (AvgIpc) is 2.85. The summed E-state index contributed by atoms with van der Waals surface area (Å²) in [5.74, 6) is 0.270. The number of hydrogen-bond donors (Lipinski definition) is 0. The van der Waals surface area contributed by atoms with E-state index in [2.05, 4.69) is 86.3 Å². The molecule has 1 saturated heterocycles. The molecule has 0 amide bonds. The van der Waals surface area contributed by atoms with Crippen molar-refractivity contribution in [1.29, 1.82) is 0 Å². The lowest BCUT2D eigenvalue weighted by Crippen LogP contribution is -2.66. The molecular weight excluding hydrogens is 362 g/mol. The van der Waals surface area contributed by atoms with E-state index >= 15 is 0 Å². The van der Waals surface area contributed by atoms with Crippen LogP contribution >= 0.6 is 0 Å². The topological polar surface area (TPSA) is 29.5 Å². The van der Waals surface area contributed by atoms with Gasteiger partial charge in [-0.05, 0) is 21.8 Å². The van der Waals surface area contributed by atoms with Crippen LogP contribution in [0.3, 0.4) is 0 Å². The lowest BCUT2D eigenvalue weighted by molar-refractivity contribution is -0.120. The maximum absolute atomic E-state index is 12.1. The Kier molecular flexibility index (Phi) is 5.02. The monoisotopic (exact) mass is 391 g/mol. The highest BCUT2D eigenvalue weighted by atomic mass is 28.4. The van der Waals surface area contributed by atoms with E-state index in [1.54, 1.807) is 0 Å². The van der Waals surface area contributed by atoms with Crippen molar-refractivity contribution in [3.05, 3.63) is 72.4 Å². The zero-order chi connectivity index (χ0) is 19.8. The molecule has 146 valence electrons. The maximum atomic E-state index is 12.1. The van der Waals surface area contributed by atoms with Crippen molar-refractivity contribution in [2.24, 2.45) is 0 Å². The smallest absolute Gasteiger partial charge is 0.261 e. The minimum absolute atomic E-state index is 0.0190. The van der Waals surface area contributed by atoms with E-state index in [1.165, 1.54) is 10.4 Å². The average molecular weight is 392 g/mol. The van der Waals surface area contributed by atoms with Gasteiger partial charge in [-0.3, -0.25) is 4.79 Å². The Morgan fingerprint density at radius 3 is 2.00 bits per heavy atom. The second kappa shape index (κ2) is 7.34. The molecule has 1 fully saturated rings. The Morgan fingerprint density at radius 2 is 1.57 bits per heavy atom. The molecule has 2 aromatic carbocycles. The summed E-state index contributed by atoms with van der Waals surface area (Å²) in [6, 6.07) is 21.5. The van der Waals surface area contributed by atoms with Gasteiger partial charge in [0.2, 0.25) is 0 Å². The van der Waals surface area contributed by atoms with Crippen molar-refractivity contribution in [3.63, 3.8) is 0 Å². The molecule has 28 heavy (non-hydrogen) atoms. The summed E-state index contributed by atoms with van der Waals surface area (Å²) in [6.45, 7) is 8.52. The maximum Gasteiger partial charge on any atom is 0.261 e. The van der Waals surface area contributed by atoms with Gasteiger partial charge in [0.15, 0.2) is 5.78 Å². The van der Waals surface area contributed by atoms with Crippen LogP contribution in [0, 0.1) is 0 Å². The van der Waals surface area contributed by atoms with Crippen LogP contribution in [0.1, 0.15) is 33.6 Å². The number of carbonyl (C=O) groups excluding carboxylic acids is 1. The van der Waals surface area contributed by atoms with Gasteiger partial charge in [0.05, 0.1) is 6.04 Å². The molecule has 0 saturated carbocycles. The minimum Gasteiger partial charge on any atom is -0.407 e. The molecule has 0 bridgehead atoms. The number of benzene rings is 2. The molecule has 2 aliphatic heterocycles. The Balaban J connectivity index is 1.65. The van der Waals surface area contributed by atoms with Crippen molar-refractivity contribution in [2.75, 3.05) is 13.2 Å². The van der Waals surface area contributed by atoms with Crippen molar-refractivity contribution < 1.29 is 9.22 Å². The predicted molar refractivity (Wildman–Crippen MR) is 116 cm³/mol. The summed E-state index contributed by atoms with van der Waals surface area (Å²) in [6.07, 6.45) is 3.63. The molecule has 0 aliphatic carbocycles. The Labute approximate surface area is 169 Å². The zero-order valence-corrected chi connectivity index (χ0v) is 18.0. The highest BCUT2D eigenvalue weighted by Gasteiger charge is 2.50. The molecule has 1 atom stereocenters. The largest absolute Gasteiger partial charge is 0.407 e. The van der Waals surface area contributed by atoms with Gasteiger partial charge in [0.25, 0.3) is 8.32 Å². The van der Waals surface area contributed by atoms with Crippen LogP contribution in [0.2, 0.25) is 5.04 Å². The van der Waals surface area contributed by atoms with Crippen LogP contribution in [0.4, 0.5) is 0 Å². The molecule has 2 aromatic rings. The van der Waals surface area contributed by atoms with E-state index in [1.807, 2.05) is 6.08 Å². The molecule has 0 aromatic heterocycles. The molecular formula is C24H29NO2Si. The number of carbonyl (C=O) groups is 1. The van der Waals surface area contributed by atoms with E-state index in [0.717, 1.165) is 25.1 Å². The second-order valence-electron chi connectivity index (χ2n) is 8.80. The Bertz CT molecular complexity index is 831. The molecule has 4 heteroatoms. The summed E-state index contributed by atoms with van der Waals surface area (Å²) in [7, 11) is -2.49. The van der Waals surface area contributed by atoms with Crippen LogP contribution in [0.5, 0.6) is 0 Å². The number of rotatable bonds is 6. The quantitative estimate of drug-likeness (QED) is 0.706. The SMILES string of the molecule is CC(C)(C)[Si](OCCC1=CC(=O)C2CCN12)(c1ccccc1)c1ccccc1. The van der Waals surface area contributed by atoms with Gasteiger partial charge in [-0.2, -0.15) is 0 Å². The lowest BCUT2D eigenvalue weighted by atomic mass is 10.0. The Hall–Kier alpha value is -2.17. The number of nitrogens with zero attached hydrogens (tertiary/aromatic N) is 1. The molecule has 2 heterocycles. The first-order valence-corrected chi connectivity index (χ1v) is 12.1. The summed E-state index contributed by atoms with van der Waals surface area (Å²) in [4.78, 5) is 14.3. The van der Waals surface area contributed by atoms with Crippen LogP contribution < -0.4 is 10.4 Å². The lowest BCUT2D eigenvalue weighted by Gasteiger charge is -2.43. The summed E-state index contributed by atoms with van der Waals surface area (Å²) < 4.78 is 6.93. The first-order chi connectivity index (χ1) is 13.4. The minimum atomic E-state index is -2.49. The third kappa shape index (κ3) is 3.15. The third-order valence-corrected chi connectivity index (χ3v) is 11.2. The van der Waals surface area contributed by atoms with E-state index in [0.29, 0.717) is 6.61 Å². The van der Waals surface area contributed by atoms with Gasteiger partial charge in [-0.1, -0.05) is 81.4 Å². The predicted octanol–water partition coefficient (Wildman–Crippen LogP) is 3.49. The highest BCUT2D eigenvalue weighted by molar-refractivity contribution is 6.99. The first kappa shape index (κ1) is 19.2. The molecule has 3 nitrogen and oxygen atoms in total. The van der Waals surface area contributed by atoms with Gasteiger partial charge in [-0.15, -0.1) is 0 Å². The molecule has 0 radical (unpaired) electrons. The number of hydrogen-bond acceptors (Lipinski definition) is 3. The summed E-state index contributed by atoms with van der Waals surface area (Å²) in [5.41, 5.74) is 1.15. The third-order valence-electron chi connectivity index (χ3n) is 6.12. The van der Waals surface area contributed by atoms with E-state index in [9.17, 15) is 4.79 Å². The van der Waals surface area contributed by atoms with Crippen molar-refractivity contribution in [2.45, 2.75) is 44.7 Å². The van der Waals surface area contributed by atoms with Gasteiger partial charge < -0.3 is 9.33 Å². The number of ketones is 1. The molecule has 0 spiro atoms. The molecule has 0 N–H and O–H groups in total. The van der Waals surface area contributed by atoms with Crippen LogP contribution in [-0.2, 0) is 9.22 Å². The van der Waals surface area contributed by atoms with Gasteiger partial charge in [0.1, 0.15) is 0 Å². The number of fused-ring (bicyclic) bond motifs is 1.